The maximum atomic E-state index is 12.9. The van der Waals surface area contributed by atoms with Gasteiger partial charge in [-0.25, -0.2) is 5.01 Å². The number of para-hydroxylation sites is 1. The van der Waals surface area contributed by atoms with E-state index in [-0.39, 0.29) is 5.57 Å². The van der Waals surface area contributed by atoms with E-state index in [0.29, 0.717) is 35.1 Å². The Morgan fingerprint density at radius 2 is 1.61 bits per heavy atom. The first-order chi connectivity index (χ1) is 16.0. The third-order valence-electron chi connectivity index (χ3n) is 5.17. The standard InChI is InChI=1S/C26H24N2O5/c1-17-8-7-9-18(12-17)16-33-24-22(31-2)14-19(15-23(24)32-3)13-21-25(29)27-28(26(21)30)20-10-5-4-6-11-20/h4-15H,16H2,1-3H3,(H,27,29)/b21-13-. The van der Waals surface area contributed by atoms with Gasteiger partial charge in [-0.2, -0.15) is 0 Å². The Balaban J connectivity index is 1.62. The van der Waals surface area contributed by atoms with Crippen molar-refractivity contribution in [1.29, 1.82) is 0 Å². The van der Waals surface area contributed by atoms with E-state index < -0.39 is 11.8 Å². The molecular formula is C26H24N2O5. The number of nitrogens with zero attached hydrogens (tertiary/aromatic N) is 1. The molecule has 1 saturated heterocycles. The molecule has 0 bridgehead atoms. The fourth-order valence-electron chi connectivity index (χ4n) is 3.57. The summed E-state index contributed by atoms with van der Waals surface area (Å²) in [6.45, 7) is 2.36. The summed E-state index contributed by atoms with van der Waals surface area (Å²) in [5, 5.41) is 1.22. The number of amides is 2. The second kappa shape index (κ2) is 9.48. The molecule has 2 amide bonds. The maximum absolute atomic E-state index is 12.9. The van der Waals surface area contributed by atoms with E-state index in [1.807, 2.05) is 37.3 Å². The molecule has 7 heteroatoms. The molecule has 4 rings (SSSR count). The second-order valence-electron chi connectivity index (χ2n) is 7.51. The van der Waals surface area contributed by atoms with Gasteiger partial charge in [-0.05, 0) is 48.4 Å². The number of ether oxygens (including phenoxy) is 3. The summed E-state index contributed by atoms with van der Waals surface area (Å²) in [6, 6.07) is 20.3. The molecule has 1 aliphatic heterocycles. The van der Waals surface area contributed by atoms with Gasteiger partial charge in [0.1, 0.15) is 12.2 Å². The normalized spacial score (nSPS) is 14.4. The fourth-order valence-corrected chi connectivity index (χ4v) is 3.57. The lowest BCUT2D eigenvalue weighted by molar-refractivity contribution is -0.117. The average molecular weight is 444 g/mol. The Bertz CT molecular complexity index is 1200. The smallest absolute Gasteiger partial charge is 0.282 e. The number of hydrogen-bond acceptors (Lipinski definition) is 5. The van der Waals surface area contributed by atoms with E-state index in [0.717, 1.165) is 11.1 Å². The molecule has 3 aromatic rings. The van der Waals surface area contributed by atoms with E-state index >= 15 is 0 Å². The highest BCUT2D eigenvalue weighted by molar-refractivity contribution is 6.31. The van der Waals surface area contributed by atoms with Crippen LogP contribution in [0.4, 0.5) is 5.69 Å². The summed E-state index contributed by atoms with van der Waals surface area (Å²) in [5.74, 6) is 0.376. The Morgan fingerprint density at radius 3 is 2.24 bits per heavy atom. The zero-order chi connectivity index (χ0) is 23.4. The lowest BCUT2D eigenvalue weighted by atomic mass is 10.1. The number of nitrogens with one attached hydrogen (secondary N) is 1. The minimum absolute atomic E-state index is 0.0105. The van der Waals surface area contributed by atoms with Crippen molar-refractivity contribution < 1.29 is 23.8 Å². The van der Waals surface area contributed by atoms with E-state index in [1.165, 1.54) is 25.3 Å². The number of anilines is 1. The number of carbonyl (C=O) groups is 2. The van der Waals surface area contributed by atoms with Crippen molar-refractivity contribution in [3.05, 3.63) is 89.0 Å². The van der Waals surface area contributed by atoms with Crippen LogP contribution in [0.1, 0.15) is 16.7 Å². The van der Waals surface area contributed by atoms with Crippen molar-refractivity contribution in [1.82, 2.24) is 5.43 Å². The molecular weight excluding hydrogens is 420 g/mol. The highest BCUT2D eigenvalue weighted by Gasteiger charge is 2.34. The largest absolute Gasteiger partial charge is 0.493 e. The van der Waals surface area contributed by atoms with Crippen molar-refractivity contribution in [3.8, 4) is 17.2 Å². The van der Waals surface area contributed by atoms with Gasteiger partial charge >= 0.3 is 0 Å². The van der Waals surface area contributed by atoms with Gasteiger partial charge in [-0.3, -0.25) is 15.0 Å². The molecule has 0 aromatic heterocycles. The topological polar surface area (TPSA) is 77.1 Å². The maximum Gasteiger partial charge on any atom is 0.282 e. The Hall–Kier alpha value is -4.26. The SMILES string of the molecule is COc1cc(/C=C2/C(=O)NN(c3ccccc3)C2=O)cc(OC)c1OCc1cccc(C)c1. The summed E-state index contributed by atoms with van der Waals surface area (Å²) in [6.07, 6.45) is 1.51. The molecule has 0 unspecified atom stereocenters. The molecule has 0 radical (unpaired) electrons. The van der Waals surface area contributed by atoms with Gasteiger partial charge in [-0.15, -0.1) is 0 Å². The van der Waals surface area contributed by atoms with Crippen LogP contribution >= 0.6 is 0 Å². The molecule has 1 aliphatic rings. The predicted octanol–water partition coefficient (Wildman–Crippen LogP) is 4.05. The fraction of sp³-hybridized carbons (Fsp3) is 0.154. The van der Waals surface area contributed by atoms with Crippen LogP contribution < -0.4 is 24.6 Å². The number of hydrazine groups is 1. The minimum Gasteiger partial charge on any atom is -0.493 e. The molecule has 0 atom stereocenters. The minimum atomic E-state index is -0.485. The van der Waals surface area contributed by atoms with Gasteiger partial charge in [0.15, 0.2) is 11.5 Å². The third kappa shape index (κ3) is 4.67. The summed E-state index contributed by atoms with van der Waals surface area (Å²) in [5.41, 5.74) is 5.90. The predicted molar refractivity (Wildman–Crippen MR) is 125 cm³/mol. The number of carbonyl (C=O) groups excluding carboxylic acids is 2. The van der Waals surface area contributed by atoms with Crippen LogP contribution in [0.25, 0.3) is 6.08 Å². The van der Waals surface area contributed by atoms with E-state index in [9.17, 15) is 9.59 Å². The van der Waals surface area contributed by atoms with Crippen LogP contribution in [0.2, 0.25) is 0 Å². The average Bonchev–Trinajstić information content (AvgIpc) is 3.11. The zero-order valence-electron chi connectivity index (χ0n) is 18.6. The van der Waals surface area contributed by atoms with Crippen LogP contribution in [0.15, 0.2) is 72.3 Å². The van der Waals surface area contributed by atoms with Crippen LogP contribution in [0.3, 0.4) is 0 Å². The van der Waals surface area contributed by atoms with Gasteiger partial charge < -0.3 is 14.2 Å². The molecule has 7 nitrogen and oxygen atoms in total. The number of hydrogen-bond donors (Lipinski definition) is 1. The number of rotatable bonds is 7. The molecule has 0 aliphatic carbocycles. The molecule has 1 fully saturated rings. The van der Waals surface area contributed by atoms with Crippen LogP contribution in [-0.2, 0) is 16.2 Å². The monoisotopic (exact) mass is 444 g/mol. The van der Waals surface area contributed by atoms with Gasteiger partial charge in [0.25, 0.3) is 11.8 Å². The second-order valence-corrected chi connectivity index (χ2v) is 7.51. The molecule has 0 saturated carbocycles. The quantitative estimate of drug-likeness (QED) is 0.439. The third-order valence-corrected chi connectivity index (χ3v) is 5.17. The van der Waals surface area contributed by atoms with Crippen LogP contribution in [-0.4, -0.2) is 26.0 Å². The Labute approximate surface area is 192 Å². The summed E-state index contributed by atoms with van der Waals surface area (Å²) in [4.78, 5) is 25.4. The van der Waals surface area contributed by atoms with E-state index in [2.05, 4.69) is 5.43 Å². The molecule has 168 valence electrons. The first-order valence-corrected chi connectivity index (χ1v) is 10.4. The van der Waals surface area contributed by atoms with Crippen molar-refractivity contribution in [2.75, 3.05) is 19.2 Å². The first kappa shape index (κ1) is 22.0. The molecule has 0 spiro atoms. The molecule has 3 aromatic carbocycles. The van der Waals surface area contributed by atoms with Crippen molar-refractivity contribution in [3.63, 3.8) is 0 Å². The lowest BCUT2D eigenvalue weighted by Crippen LogP contribution is -2.35. The van der Waals surface area contributed by atoms with Crippen LogP contribution in [0.5, 0.6) is 17.2 Å². The number of aryl methyl sites for hydroxylation is 1. The zero-order valence-corrected chi connectivity index (χ0v) is 18.6. The molecule has 1 heterocycles. The van der Waals surface area contributed by atoms with Crippen molar-refractivity contribution >= 4 is 23.6 Å². The number of benzene rings is 3. The molecule has 33 heavy (non-hydrogen) atoms. The van der Waals surface area contributed by atoms with Gasteiger partial charge in [0.2, 0.25) is 5.75 Å². The highest BCUT2D eigenvalue weighted by Crippen LogP contribution is 2.40. The van der Waals surface area contributed by atoms with Gasteiger partial charge in [0, 0.05) is 0 Å². The lowest BCUT2D eigenvalue weighted by Gasteiger charge is -2.16. The van der Waals surface area contributed by atoms with Gasteiger partial charge in [0.05, 0.1) is 19.9 Å². The van der Waals surface area contributed by atoms with Crippen molar-refractivity contribution in [2.24, 2.45) is 0 Å². The van der Waals surface area contributed by atoms with Crippen molar-refractivity contribution in [2.45, 2.75) is 13.5 Å². The summed E-state index contributed by atoms with van der Waals surface area (Å²) >= 11 is 0. The Morgan fingerprint density at radius 1 is 0.909 bits per heavy atom. The Kier molecular flexibility index (Phi) is 6.31. The summed E-state index contributed by atoms with van der Waals surface area (Å²) < 4.78 is 17.0. The number of methoxy groups -OCH3 is 2. The van der Waals surface area contributed by atoms with Crippen LogP contribution in [0, 0.1) is 6.92 Å². The van der Waals surface area contributed by atoms with E-state index in [4.69, 9.17) is 14.2 Å². The van der Waals surface area contributed by atoms with E-state index in [1.54, 1.807) is 36.4 Å². The first-order valence-electron chi connectivity index (χ1n) is 10.4. The summed E-state index contributed by atoms with van der Waals surface area (Å²) in [7, 11) is 3.05. The van der Waals surface area contributed by atoms with Gasteiger partial charge in [-0.1, -0.05) is 48.0 Å². The highest BCUT2D eigenvalue weighted by atomic mass is 16.5. The molecule has 1 N–H and O–H groups in total.